The fourth-order valence-corrected chi connectivity index (χ4v) is 2.27. The molecule has 0 aliphatic heterocycles. The van der Waals surface area contributed by atoms with Gasteiger partial charge < -0.3 is 15.6 Å². The lowest BCUT2D eigenvalue weighted by Gasteiger charge is -2.16. The van der Waals surface area contributed by atoms with E-state index in [9.17, 15) is 4.79 Å². The van der Waals surface area contributed by atoms with E-state index in [2.05, 4.69) is 21.8 Å². The molecule has 0 saturated heterocycles. The lowest BCUT2D eigenvalue weighted by atomic mass is 10.1. The average Bonchev–Trinajstić information content (AvgIpc) is 2.78. The van der Waals surface area contributed by atoms with Crippen LogP contribution in [0.4, 0.5) is 0 Å². The molecule has 1 heterocycles. The molecule has 1 amide bonds. The van der Waals surface area contributed by atoms with E-state index in [0.29, 0.717) is 12.5 Å². The van der Waals surface area contributed by atoms with Gasteiger partial charge in [-0.2, -0.15) is 11.8 Å². The minimum atomic E-state index is -0.394. The number of carbonyl (C=O) groups excluding carboxylic acids is 1. The molecular formula is C13H24N4OS. The average molecular weight is 284 g/mol. The number of imidazole rings is 1. The number of hydrogen-bond donors (Lipinski definition) is 2. The third-order valence-corrected chi connectivity index (χ3v) is 3.67. The molecule has 1 aromatic heterocycles. The van der Waals surface area contributed by atoms with Gasteiger partial charge in [-0.1, -0.05) is 6.92 Å². The highest BCUT2D eigenvalue weighted by molar-refractivity contribution is 7.98. The van der Waals surface area contributed by atoms with Gasteiger partial charge in [-0.15, -0.1) is 0 Å². The number of rotatable bonds is 8. The molecule has 0 spiro atoms. The van der Waals surface area contributed by atoms with Crippen molar-refractivity contribution in [1.29, 1.82) is 0 Å². The van der Waals surface area contributed by atoms with E-state index in [4.69, 9.17) is 5.73 Å². The van der Waals surface area contributed by atoms with Crippen molar-refractivity contribution in [2.24, 2.45) is 11.7 Å². The second-order valence-corrected chi connectivity index (χ2v) is 5.85. The lowest BCUT2D eigenvalue weighted by molar-refractivity contribution is -0.122. The number of carbonyl (C=O) groups is 1. The van der Waals surface area contributed by atoms with Crippen LogP contribution in [-0.4, -0.2) is 40.1 Å². The molecule has 5 nitrogen and oxygen atoms in total. The van der Waals surface area contributed by atoms with Crippen molar-refractivity contribution in [2.75, 3.05) is 18.6 Å². The zero-order chi connectivity index (χ0) is 14.3. The van der Waals surface area contributed by atoms with E-state index in [-0.39, 0.29) is 5.91 Å². The van der Waals surface area contributed by atoms with E-state index < -0.39 is 6.04 Å². The number of hydrogen-bond acceptors (Lipinski definition) is 4. The number of nitrogens with one attached hydrogen (secondary N) is 1. The van der Waals surface area contributed by atoms with Crippen LogP contribution in [0.1, 0.15) is 19.2 Å². The highest BCUT2D eigenvalue weighted by Gasteiger charge is 2.14. The summed E-state index contributed by atoms with van der Waals surface area (Å²) in [4.78, 5) is 15.9. The highest BCUT2D eigenvalue weighted by Crippen LogP contribution is 2.03. The van der Waals surface area contributed by atoms with Gasteiger partial charge in [0.15, 0.2) is 0 Å². The summed E-state index contributed by atoms with van der Waals surface area (Å²) >= 11 is 1.71. The SMILES string of the molecule is CSCC[C@H](N)C(=O)NCC(C)Cn1ccnc1C. The molecule has 1 aromatic rings. The molecule has 0 fully saturated rings. The number of aromatic nitrogens is 2. The van der Waals surface area contributed by atoms with Crippen LogP contribution in [0, 0.1) is 12.8 Å². The van der Waals surface area contributed by atoms with Gasteiger partial charge in [0.25, 0.3) is 0 Å². The fraction of sp³-hybridized carbons (Fsp3) is 0.692. The summed E-state index contributed by atoms with van der Waals surface area (Å²) in [5.74, 6) is 2.21. The molecule has 108 valence electrons. The zero-order valence-corrected chi connectivity index (χ0v) is 12.7. The Hall–Kier alpha value is -1.01. The molecule has 0 aliphatic carbocycles. The van der Waals surface area contributed by atoms with E-state index >= 15 is 0 Å². The second-order valence-electron chi connectivity index (χ2n) is 4.87. The Balaban J connectivity index is 2.28. The van der Waals surface area contributed by atoms with Crippen LogP contribution >= 0.6 is 11.8 Å². The van der Waals surface area contributed by atoms with Crippen LogP contribution in [0.25, 0.3) is 0 Å². The van der Waals surface area contributed by atoms with E-state index in [1.807, 2.05) is 19.4 Å². The van der Waals surface area contributed by atoms with Crippen molar-refractivity contribution < 1.29 is 4.79 Å². The highest BCUT2D eigenvalue weighted by atomic mass is 32.2. The molecule has 0 aromatic carbocycles. The predicted octanol–water partition coefficient (Wildman–Crippen LogP) is 1.02. The lowest BCUT2D eigenvalue weighted by Crippen LogP contribution is -2.42. The number of aryl methyl sites for hydroxylation is 1. The van der Waals surface area contributed by atoms with E-state index in [0.717, 1.165) is 24.5 Å². The molecule has 0 aliphatic rings. The standard InChI is InChI=1S/C13H24N4OS/c1-10(9-17-6-5-15-11(17)2)8-16-13(18)12(14)4-7-19-3/h5-6,10,12H,4,7-9,14H2,1-3H3,(H,16,18)/t10?,12-/m0/s1. The topological polar surface area (TPSA) is 72.9 Å². The monoisotopic (exact) mass is 284 g/mol. The summed E-state index contributed by atoms with van der Waals surface area (Å²) < 4.78 is 2.09. The molecule has 0 radical (unpaired) electrons. The van der Waals surface area contributed by atoms with Crippen LogP contribution in [-0.2, 0) is 11.3 Å². The van der Waals surface area contributed by atoms with Crippen molar-refractivity contribution in [3.63, 3.8) is 0 Å². The Bertz CT molecular complexity index is 394. The van der Waals surface area contributed by atoms with Gasteiger partial charge in [-0.25, -0.2) is 4.98 Å². The smallest absolute Gasteiger partial charge is 0.236 e. The van der Waals surface area contributed by atoms with E-state index in [1.54, 1.807) is 18.0 Å². The number of thioether (sulfide) groups is 1. The van der Waals surface area contributed by atoms with Crippen molar-refractivity contribution in [3.8, 4) is 0 Å². The molecule has 3 N–H and O–H groups in total. The third-order valence-electron chi connectivity index (χ3n) is 3.03. The number of amides is 1. The maximum atomic E-state index is 11.8. The van der Waals surface area contributed by atoms with Gasteiger partial charge in [0.05, 0.1) is 6.04 Å². The van der Waals surface area contributed by atoms with Gasteiger partial charge in [0.2, 0.25) is 5.91 Å². The first-order valence-corrected chi connectivity index (χ1v) is 7.94. The zero-order valence-electron chi connectivity index (χ0n) is 11.9. The van der Waals surface area contributed by atoms with Gasteiger partial charge in [0.1, 0.15) is 5.82 Å². The number of nitrogens with two attached hydrogens (primary N) is 1. The fourth-order valence-electron chi connectivity index (χ4n) is 1.78. The minimum Gasteiger partial charge on any atom is -0.354 e. The minimum absolute atomic E-state index is 0.0525. The first-order chi connectivity index (χ1) is 9.04. The van der Waals surface area contributed by atoms with Gasteiger partial charge in [-0.05, 0) is 31.3 Å². The molecular weight excluding hydrogens is 260 g/mol. The predicted molar refractivity (Wildman–Crippen MR) is 80.1 cm³/mol. The van der Waals surface area contributed by atoms with Crippen molar-refractivity contribution in [1.82, 2.24) is 14.9 Å². The van der Waals surface area contributed by atoms with Gasteiger partial charge in [0, 0.05) is 25.5 Å². The summed E-state index contributed by atoms with van der Waals surface area (Å²) in [6, 6.07) is -0.394. The Morgan fingerprint density at radius 3 is 2.95 bits per heavy atom. The summed E-state index contributed by atoms with van der Waals surface area (Å²) in [5.41, 5.74) is 5.81. The second kappa shape index (κ2) is 8.22. The van der Waals surface area contributed by atoms with Gasteiger partial charge >= 0.3 is 0 Å². The molecule has 19 heavy (non-hydrogen) atoms. The van der Waals surface area contributed by atoms with Crippen molar-refractivity contribution in [3.05, 3.63) is 18.2 Å². The van der Waals surface area contributed by atoms with Gasteiger partial charge in [-0.3, -0.25) is 4.79 Å². The molecule has 6 heteroatoms. The normalized spacial score (nSPS) is 14.1. The third kappa shape index (κ3) is 5.65. The summed E-state index contributed by atoms with van der Waals surface area (Å²) in [6.45, 7) is 5.58. The molecule has 2 atom stereocenters. The Kier molecular flexibility index (Phi) is 6.94. The molecule has 1 unspecified atom stereocenters. The first kappa shape index (κ1) is 16.0. The molecule has 0 bridgehead atoms. The van der Waals surface area contributed by atoms with E-state index in [1.165, 1.54) is 0 Å². The van der Waals surface area contributed by atoms with Crippen LogP contribution in [0.5, 0.6) is 0 Å². The molecule has 1 rings (SSSR count). The Labute approximate surface area is 119 Å². The van der Waals surface area contributed by atoms with Crippen molar-refractivity contribution in [2.45, 2.75) is 32.9 Å². The van der Waals surface area contributed by atoms with Crippen LogP contribution in [0.15, 0.2) is 12.4 Å². The maximum absolute atomic E-state index is 11.8. The Morgan fingerprint density at radius 1 is 1.63 bits per heavy atom. The summed E-state index contributed by atoms with van der Waals surface area (Å²) in [6.07, 6.45) is 6.49. The quantitative estimate of drug-likeness (QED) is 0.747. The first-order valence-electron chi connectivity index (χ1n) is 6.54. The maximum Gasteiger partial charge on any atom is 0.236 e. The largest absolute Gasteiger partial charge is 0.354 e. The summed E-state index contributed by atoms with van der Waals surface area (Å²) in [5, 5.41) is 2.92. The number of nitrogens with zero attached hydrogens (tertiary/aromatic N) is 2. The van der Waals surface area contributed by atoms with Crippen molar-refractivity contribution >= 4 is 17.7 Å². The van der Waals surface area contributed by atoms with Crippen LogP contribution in [0.2, 0.25) is 0 Å². The van der Waals surface area contributed by atoms with Crippen LogP contribution < -0.4 is 11.1 Å². The molecule has 0 saturated carbocycles. The van der Waals surface area contributed by atoms with Crippen LogP contribution in [0.3, 0.4) is 0 Å². The summed E-state index contributed by atoms with van der Waals surface area (Å²) in [7, 11) is 0. The Morgan fingerprint density at radius 2 is 2.37 bits per heavy atom.